The molecule has 0 aliphatic heterocycles. The molecule has 3 aromatic carbocycles. The second kappa shape index (κ2) is 12.3. The topological polar surface area (TPSA) is 72.1 Å². The number of fused-ring (bicyclic) bond motifs is 1. The van der Waals surface area contributed by atoms with Gasteiger partial charge in [-0.05, 0) is 49.0 Å². The first kappa shape index (κ1) is 25.3. The Labute approximate surface area is 202 Å². The molecule has 2 N–H and O–H groups in total. The largest absolute Gasteiger partial charge is 0.493 e. The zero-order valence-corrected chi connectivity index (χ0v) is 20.7. The lowest BCUT2D eigenvalue weighted by Gasteiger charge is -2.25. The number of amides is 1. The van der Waals surface area contributed by atoms with E-state index >= 15 is 0 Å². The number of hydrogen-bond donors (Lipinski definition) is 2. The summed E-state index contributed by atoms with van der Waals surface area (Å²) in [5.74, 6) is 1.17. The van der Waals surface area contributed by atoms with Gasteiger partial charge in [-0.2, -0.15) is 0 Å². The van der Waals surface area contributed by atoms with Crippen LogP contribution in [-0.4, -0.2) is 71.9 Å². The monoisotopic (exact) mass is 465 g/mol. The van der Waals surface area contributed by atoms with Gasteiger partial charge in [-0.1, -0.05) is 42.5 Å². The van der Waals surface area contributed by atoms with Crippen LogP contribution in [0.5, 0.6) is 17.2 Å². The quantitative estimate of drug-likeness (QED) is 0.427. The van der Waals surface area contributed by atoms with Gasteiger partial charge in [-0.3, -0.25) is 4.79 Å². The third-order valence-electron chi connectivity index (χ3n) is 5.83. The molecule has 0 spiro atoms. The molecule has 0 aliphatic carbocycles. The highest BCUT2D eigenvalue weighted by Crippen LogP contribution is 2.38. The molecule has 0 unspecified atom stereocenters. The lowest BCUT2D eigenvalue weighted by atomic mass is 10.0. The smallest absolute Gasteiger partial charge is 0.251 e. The van der Waals surface area contributed by atoms with Gasteiger partial charge in [0.2, 0.25) is 5.75 Å². The molecule has 0 saturated heterocycles. The molecule has 182 valence electrons. The molecule has 1 atom stereocenters. The molecule has 0 fully saturated rings. The summed E-state index contributed by atoms with van der Waals surface area (Å²) < 4.78 is 16.2. The van der Waals surface area contributed by atoms with Crippen LogP contribution in [0, 0.1) is 0 Å². The van der Waals surface area contributed by atoms with Crippen LogP contribution in [0.1, 0.15) is 15.9 Å². The molecular formula is C27H35N3O4. The van der Waals surface area contributed by atoms with Crippen LogP contribution in [0.3, 0.4) is 0 Å². The van der Waals surface area contributed by atoms with Crippen molar-refractivity contribution >= 4 is 16.7 Å². The summed E-state index contributed by atoms with van der Waals surface area (Å²) in [6.07, 6.45) is 0.713. The first-order valence-corrected chi connectivity index (χ1v) is 11.4. The maximum atomic E-state index is 13.3. The number of ether oxygens (including phenoxy) is 3. The van der Waals surface area contributed by atoms with Gasteiger partial charge >= 0.3 is 0 Å². The molecular weight excluding hydrogens is 430 g/mol. The van der Waals surface area contributed by atoms with E-state index in [1.54, 1.807) is 19.2 Å². The summed E-state index contributed by atoms with van der Waals surface area (Å²) in [5.41, 5.74) is 1.63. The van der Waals surface area contributed by atoms with Crippen LogP contribution >= 0.6 is 0 Å². The van der Waals surface area contributed by atoms with Crippen molar-refractivity contribution in [2.45, 2.75) is 12.5 Å². The molecule has 0 aliphatic rings. The lowest BCUT2D eigenvalue weighted by Crippen LogP contribution is -2.45. The zero-order chi connectivity index (χ0) is 24.5. The van der Waals surface area contributed by atoms with E-state index in [4.69, 9.17) is 14.2 Å². The van der Waals surface area contributed by atoms with Crippen LogP contribution in [0.2, 0.25) is 0 Å². The van der Waals surface area contributed by atoms with Gasteiger partial charge in [0.15, 0.2) is 11.5 Å². The zero-order valence-electron chi connectivity index (χ0n) is 20.7. The lowest BCUT2D eigenvalue weighted by molar-refractivity contribution is 0.0927. The third kappa shape index (κ3) is 6.40. The molecule has 7 nitrogen and oxygen atoms in total. The molecule has 3 aromatic rings. The fourth-order valence-corrected chi connectivity index (χ4v) is 4.06. The van der Waals surface area contributed by atoms with E-state index in [1.807, 2.05) is 19.2 Å². The average Bonchev–Trinajstić information content (AvgIpc) is 2.86. The fourth-order valence-electron chi connectivity index (χ4n) is 4.06. The van der Waals surface area contributed by atoms with Gasteiger partial charge in [0, 0.05) is 31.2 Å². The Hall–Kier alpha value is -3.29. The van der Waals surface area contributed by atoms with Gasteiger partial charge in [-0.15, -0.1) is 0 Å². The third-order valence-corrected chi connectivity index (χ3v) is 5.83. The summed E-state index contributed by atoms with van der Waals surface area (Å²) in [4.78, 5) is 15.5. The van der Waals surface area contributed by atoms with Crippen molar-refractivity contribution in [2.75, 3.05) is 55.1 Å². The van der Waals surface area contributed by atoms with E-state index in [1.165, 1.54) is 30.6 Å². The summed E-state index contributed by atoms with van der Waals surface area (Å²) >= 11 is 0. The molecule has 3 rings (SSSR count). The van der Waals surface area contributed by atoms with Gasteiger partial charge in [0.1, 0.15) is 0 Å². The average molecular weight is 466 g/mol. The Morgan fingerprint density at radius 3 is 2.24 bits per heavy atom. The minimum atomic E-state index is -0.188. The first-order valence-electron chi connectivity index (χ1n) is 11.4. The van der Waals surface area contributed by atoms with Crippen molar-refractivity contribution in [3.63, 3.8) is 0 Å². The highest BCUT2D eigenvalue weighted by Gasteiger charge is 2.21. The molecule has 0 aromatic heterocycles. The standard InChI is InChI=1S/C27H35N3O4/c1-28-12-13-30(2)18-23(15-19-10-11-20-8-6-7-9-21(20)14-19)29-27(31)22-16-24(32-3)26(34-5)25(17-22)33-4/h6-11,14,16-17,23,28H,12-13,15,18H2,1-5H3,(H,29,31)/t23-/m0/s1. The van der Waals surface area contributed by atoms with Crippen molar-refractivity contribution in [1.82, 2.24) is 15.5 Å². The van der Waals surface area contributed by atoms with E-state index in [0.29, 0.717) is 35.8 Å². The Morgan fingerprint density at radius 2 is 1.62 bits per heavy atom. The molecule has 0 saturated carbocycles. The van der Waals surface area contributed by atoms with Crippen molar-refractivity contribution in [3.05, 3.63) is 65.7 Å². The minimum absolute atomic E-state index is 0.0883. The Morgan fingerprint density at radius 1 is 0.941 bits per heavy atom. The molecule has 1 amide bonds. The molecule has 0 bridgehead atoms. The molecule has 0 radical (unpaired) electrons. The van der Waals surface area contributed by atoms with Gasteiger partial charge in [0.05, 0.1) is 21.3 Å². The van der Waals surface area contributed by atoms with Crippen LogP contribution in [-0.2, 0) is 6.42 Å². The maximum absolute atomic E-state index is 13.3. The van der Waals surface area contributed by atoms with E-state index < -0.39 is 0 Å². The number of carbonyl (C=O) groups is 1. The predicted octanol–water partition coefficient (Wildman–Crippen LogP) is 3.36. The SMILES string of the molecule is CNCCN(C)C[C@H](Cc1ccc2ccccc2c1)NC(=O)c1cc(OC)c(OC)c(OC)c1. The minimum Gasteiger partial charge on any atom is -0.493 e. The van der Waals surface area contributed by atoms with Crippen molar-refractivity contribution < 1.29 is 19.0 Å². The summed E-state index contributed by atoms with van der Waals surface area (Å²) in [6.45, 7) is 2.47. The van der Waals surface area contributed by atoms with Crippen LogP contribution < -0.4 is 24.8 Å². The Bertz CT molecular complexity index is 1080. The van der Waals surface area contributed by atoms with Crippen LogP contribution in [0.25, 0.3) is 10.8 Å². The number of carbonyl (C=O) groups excluding carboxylic acids is 1. The number of hydrogen-bond acceptors (Lipinski definition) is 6. The number of methoxy groups -OCH3 is 3. The van der Waals surface area contributed by atoms with Crippen molar-refractivity contribution in [1.29, 1.82) is 0 Å². The molecule has 7 heteroatoms. The van der Waals surface area contributed by atoms with Gasteiger partial charge in [-0.25, -0.2) is 0 Å². The number of nitrogens with one attached hydrogen (secondary N) is 2. The van der Waals surface area contributed by atoms with Crippen molar-refractivity contribution in [2.24, 2.45) is 0 Å². The van der Waals surface area contributed by atoms with Gasteiger partial charge in [0.25, 0.3) is 5.91 Å². The summed E-state index contributed by atoms with van der Waals surface area (Å²) in [7, 11) is 8.63. The second-order valence-electron chi connectivity index (χ2n) is 8.34. The Balaban J connectivity index is 1.84. The maximum Gasteiger partial charge on any atom is 0.251 e. The molecule has 0 heterocycles. The van der Waals surface area contributed by atoms with Gasteiger partial charge < -0.3 is 29.7 Å². The van der Waals surface area contributed by atoms with E-state index in [-0.39, 0.29) is 11.9 Å². The number of benzene rings is 3. The number of nitrogens with zero attached hydrogens (tertiary/aromatic N) is 1. The normalized spacial score (nSPS) is 11.9. The van der Waals surface area contributed by atoms with Crippen LogP contribution in [0.4, 0.5) is 0 Å². The number of likely N-dealkylation sites (N-methyl/N-ethyl adjacent to an activating group) is 2. The highest BCUT2D eigenvalue weighted by molar-refractivity contribution is 5.96. The fraction of sp³-hybridized carbons (Fsp3) is 0.370. The van der Waals surface area contributed by atoms with E-state index in [0.717, 1.165) is 13.1 Å². The highest BCUT2D eigenvalue weighted by atomic mass is 16.5. The number of rotatable bonds is 12. The summed E-state index contributed by atoms with van der Waals surface area (Å²) in [5, 5.41) is 8.80. The Kier molecular flexibility index (Phi) is 9.13. The van der Waals surface area contributed by atoms with Crippen LogP contribution in [0.15, 0.2) is 54.6 Å². The summed E-state index contributed by atoms with van der Waals surface area (Å²) in [6, 6.07) is 18.0. The van der Waals surface area contributed by atoms with E-state index in [9.17, 15) is 4.79 Å². The first-order chi connectivity index (χ1) is 16.5. The molecule has 34 heavy (non-hydrogen) atoms. The van der Waals surface area contributed by atoms with Crippen molar-refractivity contribution in [3.8, 4) is 17.2 Å². The predicted molar refractivity (Wildman–Crippen MR) is 136 cm³/mol. The second-order valence-corrected chi connectivity index (χ2v) is 8.34. The van der Waals surface area contributed by atoms with E-state index in [2.05, 4.69) is 52.9 Å².